The number of benzene rings is 2. The molecule has 1 unspecified atom stereocenters. The first kappa shape index (κ1) is 13.7. The van der Waals surface area contributed by atoms with Crippen LogP contribution in [0.4, 0.5) is 4.39 Å². The summed E-state index contributed by atoms with van der Waals surface area (Å²) in [5.41, 5.74) is 2.12. The van der Waals surface area contributed by atoms with Gasteiger partial charge in [-0.25, -0.2) is 4.39 Å². The van der Waals surface area contributed by atoms with Crippen LogP contribution in [0.25, 0.3) is 10.1 Å². The summed E-state index contributed by atoms with van der Waals surface area (Å²) in [6.45, 7) is 0. The van der Waals surface area contributed by atoms with Crippen LogP contribution in [0.3, 0.4) is 0 Å². The molecule has 0 spiro atoms. The molecule has 1 heterocycles. The van der Waals surface area contributed by atoms with Crippen LogP contribution in [-0.4, -0.2) is 7.05 Å². The molecule has 1 N–H and O–H groups in total. The van der Waals surface area contributed by atoms with Crippen molar-refractivity contribution < 1.29 is 4.39 Å². The number of halogens is 2. The summed E-state index contributed by atoms with van der Waals surface area (Å²) in [4.78, 5) is 0. The van der Waals surface area contributed by atoms with Gasteiger partial charge in [0.25, 0.3) is 0 Å². The van der Waals surface area contributed by atoms with Gasteiger partial charge in [-0.1, -0.05) is 24.3 Å². The Kier molecular flexibility index (Phi) is 3.87. The molecule has 0 fully saturated rings. The molecule has 20 heavy (non-hydrogen) atoms. The number of hydrogen-bond acceptors (Lipinski definition) is 2. The van der Waals surface area contributed by atoms with Crippen molar-refractivity contribution in [2.45, 2.75) is 6.04 Å². The van der Waals surface area contributed by atoms with Gasteiger partial charge < -0.3 is 5.32 Å². The molecule has 0 saturated heterocycles. The maximum absolute atomic E-state index is 13.5. The van der Waals surface area contributed by atoms with E-state index >= 15 is 0 Å². The second-order valence-electron chi connectivity index (χ2n) is 4.58. The van der Waals surface area contributed by atoms with Crippen LogP contribution in [0, 0.1) is 5.82 Å². The van der Waals surface area contributed by atoms with Gasteiger partial charge in [0.2, 0.25) is 0 Å². The summed E-state index contributed by atoms with van der Waals surface area (Å²) < 4.78 is 15.8. The maximum atomic E-state index is 13.5. The number of nitrogens with one attached hydrogen (secondary N) is 1. The Hall–Kier alpha value is -1.23. The van der Waals surface area contributed by atoms with Crippen LogP contribution in [0.5, 0.6) is 0 Å². The fourth-order valence-corrected chi connectivity index (χ4v) is 4.10. The lowest BCUT2D eigenvalue weighted by Crippen LogP contribution is -2.17. The zero-order valence-electron chi connectivity index (χ0n) is 10.9. The Labute approximate surface area is 129 Å². The lowest BCUT2D eigenvalue weighted by Gasteiger charge is -2.16. The van der Waals surface area contributed by atoms with Crippen molar-refractivity contribution in [3.63, 3.8) is 0 Å². The highest BCUT2D eigenvalue weighted by Crippen LogP contribution is 2.37. The molecular formula is C16H13BrFNS. The minimum Gasteiger partial charge on any atom is -0.309 e. The molecule has 102 valence electrons. The molecular weight excluding hydrogens is 337 g/mol. The van der Waals surface area contributed by atoms with E-state index in [1.807, 2.05) is 25.2 Å². The summed E-state index contributed by atoms with van der Waals surface area (Å²) in [7, 11) is 1.90. The van der Waals surface area contributed by atoms with Gasteiger partial charge in [0.15, 0.2) is 0 Å². The van der Waals surface area contributed by atoms with Gasteiger partial charge in [-0.05, 0) is 63.1 Å². The highest BCUT2D eigenvalue weighted by Gasteiger charge is 2.17. The van der Waals surface area contributed by atoms with Gasteiger partial charge in [0.05, 0.1) is 6.04 Å². The number of fused-ring (bicyclic) bond motifs is 1. The van der Waals surface area contributed by atoms with Crippen molar-refractivity contribution in [1.82, 2.24) is 5.32 Å². The SMILES string of the molecule is CNC(c1cccc(F)c1)c1csc2c(Br)cccc12. The largest absolute Gasteiger partial charge is 0.309 e. The van der Waals surface area contributed by atoms with Gasteiger partial charge in [-0.15, -0.1) is 11.3 Å². The van der Waals surface area contributed by atoms with Gasteiger partial charge in [-0.2, -0.15) is 0 Å². The van der Waals surface area contributed by atoms with E-state index in [1.54, 1.807) is 23.5 Å². The third kappa shape index (κ3) is 2.39. The molecule has 1 atom stereocenters. The summed E-state index contributed by atoms with van der Waals surface area (Å²) in [6.07, 6.45) is 0. The van der Waals surface area contributed by atoms with E-state index in [0.717, 1.165) is 10.0 Å². The lowest BCUT2D eigenvalue weighted by molar-refractivity contribution is 0.617. The summed E-state index contributed by atoms with van der Waals surface area (Å²) >= 11 is 5.28. The predicted octanol–water partition coefficient (Wildman–Crippen LogP) is 5.11. The third-order valence-electron chi connectivity index (χ3n) is 3.36. The van der Waals surface area contributed by atoms with E-state index in [1.165, 1.54) is 21.7 Å². The van der Waals surface area contributed by atoms with E-state index < -0.39 is 0 Å². The molecule has 0 amide bonds. The Bertz CT molecular complexity index is 753. The molecule has 0 bridgehead atoms. The second kappa shape index (κ2) is 5.64. The smallest absolute Gasteiger partial charge is 0.123 e. The molecule has 0 aliphatic heterocycles. The summed E-state index contributed by atoms with van der Waals surface area (Å²) in [6, 6.07) is 12.9. The number of rotatable bonds is 3. The van der Waals surface area contributed by atoms with Crippen molar-refractivity contribution in [2.24, 2.45) is 0 Å². The topological polar surface area (TPSA) is 12.0 Å². The molecule has 1 aromatic heterocycles. The fraction of sp³-hybridized carbons (Fsp3) is 0.125. The van der Waals surface area contributed by atoms with Crippen molar-refractivity contribution >= 4 is 37.4 Å². The number of thiophene rings is 1. The standard InChI is InChI=1S/C16H13BrFNS/c1-19-15(10-4-2-5-11(18)8-10)13-9-20-16-12(13)6-3-7-14(16)17/h2-9,15,19H,1H3. The molecule has 4 heteroatoms. The van der Waals surface area contributed by atoms with E-state index in [2.05, 4.69) is 32.7 Å². The van der Waals surface area contributed by atoms with E-state index in [4.69, 9.17) is 0 Å². The molecule has 0 aliphatic rings. The van der Waals surface area contributed by atoms with Crippen molar-refractivity contribution in [2.75, 3.05) is 7.05 Å². The zero-order chi connectivity index (χ0) is 14.1. The van der Waals surface area contributed by atoms with E-state index in [-0.39, 0.29) is 11.9 Å². The molecule has 0 radical (unpaired) electrons. The van der Waals surface area contributed by atoms with Crippen LogP contribution >= 0.6 is 27.3 Å². The molecule has 2 aromatic carbocycles. The minimum atomic E-state index is -0.205. The highest BCUT2D eigenvalue weighted by molar-refractivity contribution is 9.10. The maximum Gasteiger partial charge on any atom is 0.123 e. The van der Waals surface area contributed by atoms with Crippen LogP contribution in [0.1, 0.15) is 17.2 Å². The van der Waals surface area contributed by atoms with Crippen LogP contribution in [0.15, 0.2) is 52.3 Å². The summed E-state index contributed by atoms with van der Waals surface area (Å²) in [5, 5.41) is 6.63. The molecule has 3 rings (SSSR count). The van der Waals surface area contributed by atoms with Crippen LogP contribution in [0.2, 0.25) is 0 Å². The van der Waals surface area contributed by atoms with Gasteiger partial charge >= 0.3 is 0 Å². The van der Waals surface area contributed by atoms with Crippen LogP contribution in [-0.2, 0) is 0 Å². The summed E-state index contributed by atoms with van der Waals surface area (Å²) in [5.74, 6) is -0.205. The van der Waals surface area contributed by atoms with Gasteiger partial charge in [0, 0.05) is 9.17 Å². The van der Waals surface area contributed by atoms with Gasteiger partial charge in [-0.3, -0.25) is 0 Å². The van der Waals surface area contributed by atoms with Gasteiger partial charge in [0.1, 0.15) is 5.82 Å². The first-order valence-electron chi connectivity index (χ1n) is 6.29. The van der Waals surface area contributed by atoms with Crippen molar-refractivity contribution in [1.29, 1.82) is 0 Å². The average Bonchev–Trinajstić information content (AvgIpc) is 2.86. The second-order valence-corrected chi connectivity index (χ2v) is 6.32. The zero-order valence-corrected chi connectivity index (χ0v) is 13.3. The Morgan fingerprint density at radius 1 is 1.20 bits per heavy atom. The van der Waals surface area contributed by atoms with Crippen LogP contribution < -0.4 is 5.32 Å². The Morgan fingerprint density at radius 3 is 2.75 bits per heavy atom. The monoisotopic (exact) mass is 349 g/mol. The predicted molar refractivity (Wildman–Crippen MR) is 86.8 cm³/mol. The fourth-order valence-electron chi connectivity index (χ4n) is 2.45. The number of hydrogen-bond donors (Lipinski definition) is 1. The molecule has 0 aliphatic carbocycles. The minimum absolute atomic E-state index is 0.00579. The third-order valence-corrected chi connectivity index (χ3v) is 5.33. The van der Waals surface area contributed by atoms with Crippen molar-refractivity contribution in [3.05, 3.63) is 69.3 Å². The lowest BCUT2D eigenvalue weighted by atomic mass is 9.98. The quantitative estimate of drug-likeness (QED) is 0.692. The van der Waals surface area contributed by atoms with Crippen molar-refractivity contribution in [3.8, 4) is 0 Å². The Morgan fingerprint density at radius 2 is 2.00 bits per heavy atom. The van der Waals surface area contributed by atoms with E-state index in [9.17, 15) is 4.39 Å². The van der Waals surface area contributed by atoms with E-state index in [0.29, 0.717) is 0 Å². The molecule has 1 nitrogen and oxygen atoms in total. The first-order valence-corrected chi connectivity index (χ1v) is 7.96. The molecule has 3 aromatic rings. The normalized spacial score (nSPS) is 12.8. The average molecular weight is 350 g/mol. The Balaban J connectivity index is 2.15. The highest BCUT2D eigenvalue weighted by atomic mass is 79.9. The first-order chi connectivity index (χ1) is 9.70. The molecule has 0 saturated carbocycles.